The van der Waals surface area contributed by atoms with Crippen molar-refractivity contribution in [2.45, 2.75) is 76.5 Å². The van der Waals surface area contributed by atoms with Crippen molar-refractivity contribution in [3.63, 3.8) is 0 Å². The van der Waals surface area contributed by atoms with Crippen molar-refractivity contribution in [1.29, 1.82) is 0 Å². The van der Waals surface area contributed by atoms with Gasteiger partial charge in [0.1, 0.15) is 30.6 Å². The van der Waals surface area contributed by atoms with Crippen LogP contribution in [0.3, 0.4) is 0 Å². The Labute approximate surface area is 253 Å². The van der Waals surface area contributed by atoms with Gasteiger partial charge >= 0.3 is 5.97 Å². The fourth-order valence-electron chi connectivity index (χ4n) is 3.65. The molecule has 0 aliphatic carbocycles. The Bertz CT molecular complexity index is 1100. The third-order valence-electron chi connectivity index (χ3n) is 5.83. The lowest BCUT2D eigenvalue weighted by molar-refractivity contribution is -0.140. The van der Waals surface area contributed by atoms with Crippen LogP contribution >= 0.6 is 0 Å². The third kappa shape index (κ3) is 16.9. The Morgan fingerprint density at radius 3 is 1.50 bits per heavy atom. The molecule has 17 N–H and O–H groups in total. The summed E-state index contributed by atoms with van der Waals surface area (Å²) in [4.78, 5) is 93.0. The number of hydrogen-bond acceptors (Lipinski definition) is 9. The molecule has 0 aliphatic heterocycles. The molecule has 44 heavy (non-hydrogen) atoms. The maximum atomic E-state index is 13.2. The average Bonchev–Trinajstić information content (AvgIpc) is 2.88. The van der Waals surface area contributed by atoms with Gasteiger partial charge in [-0.05, 0) is 31.6 Å². The number of carboxylic acids is 1. The number of nitrogens with two attached hydrogens (primary N) is 6. The van der Waals surface area contributed by atoms with E-state index in [0.717, 1.165) is 0 Å². The predicted molar refractivity (Wildman–Crippen MR) is 158 cm³/mol. The van der Waals surface area contributed by atoms with Crippen molar-refractivity contribution in [2.75, 3.05) is 13.1 Å². The second kappa shape index (κ2) is 19.9. The highest BCUT2D eigenvalue weighted by molar-refractivity contribution is 6.01. The van der Waals surface area contributed by atoms with Crippen LogP contribution in [0.15, 0.2) is 9.98 Å². The first-order valence-electron chi connectivity index (χ1n) is 13.5. The number of aliphatic imine (C=N–C) groups is 2. The van der Waals surface area contributed by atoms with Crippen LogP contribution in [0, 0.1) is 5.92 Å². The number of guanidine groups is 2. The number of nitrogens with one attached hydrogen (secondary N) is 4. The Kier molecular flexibility index (Phi) is 17.5. The molecular formula is C24H44N12O8. The highest BCUT2D eigenvalue weighted by atomic mass is 16.4. The van der Waals surface area contributed by atoms with Gasteiger partial charge in [-0.1, -0.05) is 13.8 Å². The second-order valence-corrected chi connectivity index (χ2v) is 10.0. The summed E-state index contributed by atoms with van der Waals surface area (Å²) in [5, 5.41) is 18.3. The van der Waals surface area contributed by atoms with Crippen LogP contribution in [0.25, 0.3) is 0 Å². The van der Waals surface area contributed by atoms with Gasteiger partial charge in [-0.15, -0.1) is 0 Å². The van der Waals surface area contributed by atoms with Gasteiger partial charge in [0.15, 0.2) is 11.9 Å². The van der Waals surface area contributed by atoms with Crippen LogP contribution in [0.2, 0.25) is 0 Å². The molecule has 0 rings (SSSR count). The van der Waals surface area contributed by atoms with E-state index in [1.165, 1.54) is 0 Å². The van der Waals surface area contributed by atoms with Crippen molar-refractivity contribution in [3.8, 4) is 0 Å². The minimum Gasteiger partial charge on any atom is -0.481 e. The van der Waals surface area contributed by atoms with Crippen LogP contribution in [0.1, 0.15) is 52.4 Å². The molecule has 4 atom stereocenters. The molecule has 6 amide bonds. The first-order chi connectivity index (χ1) is 20.4. The summed E-state index contributed by atoms with van der Waals surface area (Å²) in [6.07, 6.45) is -1.08. The Hall–Kier alpha value is -5.17. The molecule has 0 aromatic heterocycles. The number of carboxylic acid groups (broad SMARTS) is 1. The third-order valence-corrected chi connectivity index (χ3v) is 5.83. The molecule has 0 aromatic carbocycles. The van der Waals surface area contributed by atoms with E-state index in [2.05, 4.69) is 25.9 Å². The number of nitrogens with zero attached hydrogens (tertiary/aromatic N) is 2. The van der Waals surface area contributed by atoms with Crippen molar-refractivity contribution < 1.29 is 38.7 Å². The normalized spacial score (nSPS) is 13.2. The number of primary amides is 2. The van der Waals surface area contributed by atoms with E-state index in [-0.39, 0.29) is 44.3 Å². The fraction of sp³-hybridized carbons (Fsp3) is 0.625. The Balaban J connectivity index is 5.63. The van der Waals surface area contributed by atoms with Gasteiger partial charge in [-0.25, -0.2) is 0 Å². The van der Waals surface area contributed by atoms with E-state index < -0.39 is 84.3 Å². The van der Waals surface area contributed by atoms with E-state index >= 15 is 0 Å². The van der Waals surface area contributed by atoms with Crippen LogP contribution in [0.5, 0.6) is 0 Å². The van der Waals surface area contributed by atoms with Gasteiger partial charge in [0, 0.05) is 13.1 Å². The molecule has 0 saturated carbocycles. The van der Waals surface area contributed by atoms with E-state index in [1.807, 2.05) is 5.32 Å². The highest BCUT2D eigenvalue weighted by Crippen LogP contribution is 2.07. The summed E-state index contributed by atoms with van der Waals surface area (Å²) >= 11 is 0. The Morgan fingerprint density at radius 1 is 0.636 bits per heavy atom. The quantitative estimate of drug-likeness (QED) is 0.0245. The zero-order valence-electron chi connectivity index (χ0n) is 24.7. The van der Waals surface area contributed by atoms with E-state index in [9.17, 15) is 33.6 Å². The lowest BCUT2D eigenvalue weighted by Crippen LogP contribution is -2.58. The lowest BCUT2D eigenvalue weighted by atomic mass is 10.0. The summed E-state index contributed by atoms with van der Waals surface area (Å²) in [6, 6.07) is -5.10. The number of amides is 6. The van der Waals surface area contributed by atoms with Gasteiger partial charge in [-0.3, -0.25) is 43.5 Å². The maximum absolute atomic E-state index is 13.2. The van der Waals surface area contributed by atoms with Crippen molar-refractivity contribution in [2.24, 2.45) is 50.3 Å². The van der Waals surface area contributed by atoms with Crippen molar-refractivity contribution >= 4 is 53.3 Å². The lowest BCUT2D eigenvalue weighted by Gasteiger charge is -2.27. The molecule has 248 valence electrons. The standard InChI is InChI=1S/C24H44N12O8/c1-11(2)18(22(44)35-12(19(25)41)5-3-7-31-23(27)28)36-21(43)13(6-4-8-32-24(29)30)33-15(37)10-16(38)34-14(20(26)42)9-17(39)40/h11-14,18H,3-10H2,1-2H3,(H2,25,41)(H2,26,42)(H,33,37)(H,34,38)(H,35,44)(H,36,43)(H,39,40)(H4,27,28,31)(H4,29,30,32). The van der Waals surface area contributed by atoms with Crippen LogP contribution in [-0.4, -0.2) is 95.7 Å². The minimum absolute atomic E-state index is 0.0277. The van der Waals surface area contributed by atoms with E-state index in [4.69, 9.17) is 39.5 Å². The molecule has 4 unspecified atom stereocenters. The van der Waals surface area contributed by atoms with Gasteiger partial charge in [-0.2, -0.15) is 0 Å². The number of rotatable bonds is 21. The highest BCUT2D eigenvalue weighted by Gasteiger charge is 2.31. The Morgan fingerprint density at radius 2 is 1.09 bits per heavy atom. The monoisotopic (exact) mass is 628 g/mol. The van der Waals surface area contributed by atoms with Crippen LogP contribution < -0.4 is 55.7 Å². The van der Waals surface area contributed by atoms with Gasteiger partial charge < -0.3 is 60.8 Å². The number of aliphatic carboxylic acids is 1. The number of carbonyl (C=O) groups excluding carboxylic acids is 6. The molecule has 0 aliphatic rings. The molecule has 20 heteroatoms. The van der Waals surface area contributed by atoms with Gasteiger partial charge in [0.25, 0.3) is 0 Å². The molecule has 0 saturated heterocycles. The summed E-state index contributed by atoms with van der Waals surface area (Å²) in [6.45, 7) is 3.54. The maximum Gasteiger partial charge on any atom is 0.305 e. The smallest absolute Gasteiger partial charge is 0.305 e. The summed E-state index contributed by atoms with van der Waals surface area (Å²) in [7, 11) is 0. The number of carbonyl (C=O) groups is 7. The molecule has 0 heterocycles. The average molecular weight is 629 g/mol. The number of hydrogen-bond donors (Lipinski definition) is 11. The predicted octanol–water partition coefficient (Wildman–Crippen LogP) is -5.48. The zero-order valence-corrected chi connectivity index (χ0v) is 24.7. The zero-order chi connectivity index (χ0) is 34.0. The van der Waals surface area contributed by atoms with Gasteiger partial charge in [0.05, 0.1) is 6.42 Å². The molecule has 0 bridgehead atoms. The molecule has 20 nitrogen and oxygen atoms in total. The molecule has 0 spiro atoms. The summed E-state index contributed by atoms with van der Waals surface area (Å²) < 4.78 is 0. The van der Waals surface area contributed by atoms with Gasteiger partial charge in [0.2, 0.25) is 35.4 Å². The first-order valence-corrected chi connectivity index (χ1v) is 13.5. The molecule has 0 aromatic rings. The SMILES string of the molecule is CC(C)C(NC(=O)C(CCCN=C(N)N)NC(=O)CC(=O)NC(CC(=O)O)C(N)=O)C(=O)NC(CCCN=C(N)N)C(N)=O. The van der Waals surface area contributed by atoms with Crippen LogP contribution in [-0.2, 0) is 33.6 Å². The minimum atomic E-state index is -1.56. The molecule has 0 fully saturated rings. The topological polar surface area (TPSA) is 369 Å². The molecule has 0 radical (unpaired) electrons. The largest absolute Gasteiger partial charge is 0.481 e. The van der Waals surface area contributed by atoms with E-state index in [1.54, 1.807) is 13.8 Å². The van der Waals surface area contributed by atoms with Crippen molar-refractivity contribution in [3.05, 3.63) is 0 Å². The summed E-state index contributed by atoms with van der Waals surface area (Å²) in [5.41, 5.74) is 31.7. The summed E-state index contributed by atoms with van der Waals surface area (Å²) in [5.74, 6) is -7.68. The second-order valence-electron chi connectivity index (χ2n) is 10.0. The first kappa shape index (κ1) is 38.8. The molecular weight excluding hydrogens is 584 g/mol. The van der Waals surface area contributed by atoms with E-state index in [0.29, 0.717) is 6.42 Å². The fourth-order valence-corrected chi connectivity index (χ4v) is 3.65. The van der Waals surface area contributed by atoms with Crippen LogP contribution in [0.4, 0.5) is 0 Å². The van der Waals surface area contributed by atoms with Crippen molar-refractivity contribution in [1.82, 2.24) is 21.3 Å².